The summed E-state index contributed by atoms with van der Waals surface area (Å²) in [7, 11) is 0. The van der Waals surface area contributed by atoms with Gasteiger partial charge in [0.15, 0.2) is 0 Å². The Kier molecular flexibility index (Phi) is 10.9. The van der Waals surface area contributed by atoms with E-state index in [1.807, 2.05) is 0 Å². The molecule has 1 fully saturated rings. The van der Waals surface area contributed by atoms with E-state index < -0.39 is 41.6 Å². The summed E-state index contributed by atoms with van der Waals surface area (Å²) in [5.74, 6) is -1.53. The Balaban J connectivity index is 2.34. The molecule has 200 valence electrons. The molecule has 0 bridgehead atoms. The zero-order chi connectivity index (χ0) is 26.9. The fourth-order valence-corrected chi connectivity index (χ4v) is 4.00. The summed E-state index contributed by atoms with van der Waals surface area (Å²) in [4.78, 5) is 52.8. The van der Waals surface area contributed by atoms with Gasteiger partial charge in [-0.15, -0.1) is 0 Å². The summed E-state index contributed by atoms with van der Waals surface area (Å²) >= 11 is 4.26. The first kappa shape index (κ1) is 29.3. The average Bonchev–Trinajstić information content (AvgIpc) is 2.74. The van der Waals surface area contributed by atoms with Crippen molar-refractivity contribution in [3.8, 4) is 5.75 Å². The number of rotatable bonds is 11. The van der Waals surface area contributed by atoms with Gasteiger partial charge in [0.05, 0.1) is 13.0 Å². The predicted octanol–water partition coefficient (Wildman–Crippen LogP) is 2.71. The molecule has 0 saturated heterocycles. The van der Waals surface area contributed by atoms with Gasteiger partial charge in [-0.2, -0.15) is 12.6 Å². The number of phenols is 1. The molecular weight excluding hydrogens is 486 g/mol. The van der Waals surface area contributed by atoms with Crippen LogP contribution >= 0.6 is 12.6 Å². The van der Waals surface area contributed by atoms with Crippen molar-refractivity contribution in [2.75, 3.05) is 18.9 Å². The van der Waals surface area contributed by atoms with Gasteiger partial charge < -0.3 is 30.1 Å². The number of phenolic OH excluding ortho intramolecular Hbond substituents is 1. The lowest BCUT2D eigenvalue weighted by Crippen LogP contribution is -2.58. The number of nitrogens with zero attached hydrogens (tertiary/aromatic N) is 1. The molecule has 2 rings (SSSR count). The monoisotopic (exact) mass is 523 g/mol. The summed E-state index contributed by atoms with van der Waals surface area (Å²) in [5.41, 5.74) is -0.357. The quantitative estimate of drug-likeness (QED) is 0.259. The second-order valence-electron chi connectivity index (χ2n) is 9.56. The van der Waals surface area contributed by atoms with Crippen molar-refractivity contribution in [1.29, 1.82) is 0 Å². The van der Waals surface area contributed by atoms with Crippen molar-refractivity contribution in [2.24, 2.45) is 0 Å². The molecule has 1 aromatic carbocycles. The summed E-state index contributed by atoms with van der Waals surface area (Å²) < 4.78 is 10.2. The molecule has 0 radical (unpaired) electrons. The van der Waals surface area contributed by atoms with Gasteiger partial charge in [0.25, 0.3) is 0 Å². The van der Waals surface area contributed by atoms with E-state index in [9.17, 15) is 24.3 Å². The molecule has 0 spiro atoms. The first-order chi connectivity index (χ1) is 17.0. The lowest BCUT2D eigenvalue weighted by molar-refractivity contribution is -0.147. The molecule has 0 aliphatic heterocycles. The van der Waals surface area contributed by atoms with Gasteiger partial charge >= 0.3 is 12.1 Å². The van der Waals surface area contributed by atoms with E-state index in [0.29, 0.717) is 18.4 Å². The van der Waals surface area contributed by atoms with E-state index in [1.54, 1.807) is 39.8 Å². The molecule has 1 aromatic rings. The summed E-state index contributed by atoms with van der Waals surface area (Å²) in [6.07, 6.45) is 1.46. The van der Waals surface area contributed by atoms with Crippen molar-refractivity contribution in [1.82, 2.24) is 15.5 Å². The first-order valence-corrected chi connectivity index (χ1v) is 12.7. The molecule has 1 aliphatic rings. The van der Waals surface area contributed by atoms with Crippen LogP contribution in [0.25, 0.3) is 0 Å². The Morgan fingerprint density at radius 1 is 1.22 bits per heavy atom. The summed E-state index contributed by atoms with van der Waals surface area (Å²) in [6, 6.07) is 3.73. The third kappa shape index (κ3) is 8.61. The van der Waals surface area contributed by atoms with Crippen molar-refractivity contribution >= 4 is 36.5 Å². The molecule has 1 aliphatic carbocycles. The minimum atomic E-state index is -1.10. The van der Waals surface area contributed by atoms with Crippen LogP contribution < -0.4 is 10.6 Å². The number of aromatic hydroxyl groups is 1. The molecule has 0 heterocycles. The molecule has 3 amide bonds. The molecule has 1 saturated carbocycles. The predicted molar refractivity (Wildman–Crippen MR) is 137 cm³/mol. The number of hydrogen-bond acceptors (Lipinski definition) is 8. The Bertz CT molecular complexity index is 930. The van der Waals surface area contributed by atoms with Crippen LogP contribution in [0, 0.1) is 0 Å². The minimum Gasteiger partial charge on any atom is -0.508 e. The van der Waals surface area contributed by atoms with E-state index in [-0.39, 0.29) is 37.1 Å². The Morgan fingerprint density at radius 2 is 1.92 bits per heavy atom. The molecule has 2 unspecified atom stereocenters. The Morgan fingerprint density at radius 3 is 2.44 bits per heavy atom. The number of alkyl carbamates (subject to hydrolysis) is 1. The van der Waals surface area contributed by atoms with Crippen molar-refractivity contribution in [2.45, 2.75) is 77.1 Å². The van der Waals surface area contributed by atoms with Crippen LogP contribution in [-0.4, -0.2) is 70.5 Å². The maximum Gasteiger partial charge on any atom is 0.408 e. The maximum absolute atomic E-state index is 13.8. The molecular formula is C25H37N3O7S. The molecule has 11 heteroatoms. The van der Waals surface area contributed by atoms with Gasteiger partial charge in [0, 0.05) is 18.3 Å². The number of esters is 1. The van der Waals surface area contributed by atoms with Gasteiger partial charge in [-0.25, -0.2) is 4.79 Å². The van der Waals surface area contributed by atoms with Crippen LogP contribution in [0.3, 0.4) is 0 Å². The fraction of sp³-hybridized carbons (Fsp3) is 0.600. The Hall–Kier alpha value is -2.95. The second kappa shape index (κ2) is 13.4. The van der Waals surface area contributed by atoms with Crippen LogP contribution in [-0.2, 0) is 23.9 Å². The van der Waals surface area contributed by atoms with E-state index in [2.05, 4.69) is 23.3 Å². The van der Waals surface area contributed by atoms with Crippen LogP contribution in [0.4, 0.5) is 4.79 Å². The maximum atomic E-state index is 13.8. The standard InChI is InChI=1S/C25H37N3O7S/c1-5-34-20(30)12-13-26-22(31)21(16-8-6-11-18(29)14-16)28(17-9-7-10-17)23(32)19(15-36)27-24(33)35-25(2,3)4/h6,8,11,14,17,19,21,29,36H,5,7,9-10,12-13,15H2,1-4H3,(H,26,31)(H,27,33). The van der Waals surface area contributed by atoms with Crippen molar-refractivity contribution in [3.63, 3.8) is 0 Å². The number of benzene rings is 1. The summed E-state index contributed by atoms with van der Waals surface area (Å²) in [5, 5.41) is 15.4. The van der Waals surface area contributed by atoms with Crippen molar-refractivity contribution < 1.29 is 33.8 Å². The zero-order valence-corrected chi connectivity index (χ0v) is 22.2. The van der Waals surface area contributed by atoms with Crippen LogP contribution in [0.1, 0.15) is 65.0 Å². The lowest BCUT2D eigenvalue weighted by Gasteiger charge is -2.43. The number of carbonyl (C=O) groups excluding carboxylic acids is 4. The third-order valence-electron chi connectivity index (χ3n) is 5.54. The molecule has 0 aromatic heterocycles. The highest BCUT2D eigenvalue weighted by molar-refractivity contribution is 7.80. The average molecular weight is 524 g/mol. The number of carbonyl (C=O) groups is 4. The first-order valence-electron chi connectivity index (χ1n) is 12.1. The van der Waals surface area contributed by atoms with E-state index in [1.165, 1.54) is 17.0 Å². The molecule has 36 heavy (non-hydrogen) atoms. The molecule has 10 nitrogen and oxygen atoms in total. The highest BCUT2D eigenvalue weighted by Gasteiger charge is 2.41. The highest BCUT2D eigenvalue weighted by Crippen LogP contribution is 2.34. The van der Waals surface area contributed by atoms with Gasteiger partial charge in [-0.05, 0) is 64.7 Å². The normalized spacial score (nSPS) is 15.1. The van der Waals surface area contributed by atoms with Gasteiger partial charge in [0.2, 0.25) is 11.8 Å². The smallest absolute Gasteiger partial charge is 0.408 e. The number of hydrogen-bond donors (Lipinski definition) is 4. The number of amides is 3. The lowest BCUT2D eigenvalue weighted by atomic mass is 9.88. The highest BCUT2D eigenvalue weighted by atomic mass is 32.1. The second-order valence-corrected chi connectivity index (χ2v) is 9.92. The fourth-order valence-electron chi connectivity index (χ4n) is 3.75. The Labute approximate surface area is 217 Å². The van der Waals surface area contributed by atoms with E-state index in [4.69, 9.17) is 9.47 Å². The topological polar surface area (TPSA) is 134 Å². The van der Waals surface area contributed by atoms with Gasteiger partial charge in [-0.3, -0.25) is 14.4 Å². The van der Waals surface area contributed by atoms with Gasteiger partial charge in [0.1, 0.15) is 23.4 Å². The molecule has 2 atom stereocenters. The SMILES string of the molecule is CCOC(=O)CCNC(=O)C(c1cccc(O)c1)N(C(=O)C(CS)NC(=O)OC(C)(C)C)C1CCC1. The van der Waals surface area contributed by atoms with E-state index in [0.717, 1.165) is 6.42 Å². The number of nitrogens with one attached hydrogen (secondary N) is 2. The number of ether oxygens (including phenoxy) is 2. The summed E-state index contributed by atoms with van der Waals surface area (Å²) in [6.45, 7) is 7.08. The van der Waals surface area contributed by atoms with Crippen LogP contribution in [0.5, 0.6) is 5.75 Å². The van der Waals surface area contributed by atoms with Crippen LogP contribution in [0.2, 0.25) is 0 Å². The van der Waals surface area contributed by atoms with Gasteiger partial charge in [-0.1, -0.05) is 12.1 Å². The van der Waals surface area contributed by atoms with Crippen LogP contribution in [0.15, 0.2) is 24.3 Å². The number of thiol groups is 1. The third-order valence-corrected chi connectivity index (χ3v) is 5.91. The van der Waals surface area contributed by atoms with Crippen molar-refractivity contribution in [3.05, 3.63) is 29.8 Å². The largest absolute Gasteiger partial charge is 0.508 e. The van der Waals surface area contributed by atoms with E-state index >= 15 is 0 Å². The minimum absolute atomic E-state index is 0.0153. The zero-order valence-electron chi connectivity index (χ0n) is 21.3. The molecule has 3 N–H and O–H groups in total.